The Morgan fingerprint density at radius 2 is 1.38 bits per heavy atom. The molecule has 2 rings (SSSR count). The fourth-order valence-electron chi connectivity index (χ4n) is 1.90. The highest BCUT2D eigenvalue weighted by Gasteiger charge is 2.17. The average molecular weight is 291 g/mol. The van der Waals surface area contributed by atoms with Crippen LogP contribution in [0, 0.1) is 0 Å². The number of hydrogen-bond acceptors (Lipinski definition) is 3. The van der Waals surface area contributed by atoms with E-state index < -0.39 is 0 Å². The van der Waals surface area contributed by atoms with Crippen molar-refractivity contribution in [1.82, 2.24) is 19.1 Å². The lowest BCUT2D eigenvalue weighted by Gasteiger charge is -2.25. The predicted octanol–water partition coefficient (Wildman–Crippen LogP) is 3.00. The van der Waals surface area contributed by atoms with Gasteiger partial charge in [0.05, 0.1) is 12.7 Å². The Balaban J connectivity index is 0.000000211. The maximum Gasteiger partial charge on any atom is 0.0950 e. The highest BCUT2D eigenvalue weighted by atomic mass is 15.1. The van der Waals surface area contributed by atoms with Gasteiger partial charge in [0, 0.05) is 35.9 Å². The highest BCUT2D eigenvalue weighted by molar-refractivity contribution is 4.86. The smallest absolute Gasteiger partial charge is 0.0950 e. The van der Waals surface area contributed by atoms with E-state index in [9.17, 15) is 0 Å². The average Bonchev–Trinajstić information content (AvgIpc) is 3.13. The zero-order valence-corrected chi connectivity index (χ0v) is 14.0. The minimum absolute atomic E-state index is 0.102. The largest absolute Gasteiger partial charge is 0.332 e. The van der Waals surface area contributed by atoms with E-state index >= 15 is 0 Å². The number of rotatable bonds is 5. The molecule has 5 nitrogen and oxygen atoms in total. The van der Waals surface area contributed by atoms with E-state index in [1.165, 1.54) is 0 Å². The fraction of sp³-hybridized carbons (Fsp3) is 0.625. The highest BCUT2D eigenvalue weighted by Crippen LogP contribution is 2.18. The lowest BCUT2D eigenvalue weighted by molar-refractivity contribution is 0.332. The van der Waals surface area contributed by atoms with Crippen molar-refractivity contribution in [2.24, 2.45) is 5.73 Å². The van der Waals surface area contributed by atoms with Gasteiger partial charge in [0.1, 0.15) is 0 Å². The molecule has 118 valence electrons. The summed E-state index contributed by atoms with van der Waals surface area (Å²) < 4.78 is 4.22. The second kappa shape index (κ2) is 7.41. The second-order valence-electron chi connectivity index (χ2n) is 6.46. The van der Waals surface area contributed by atoms with Crippen LogP contribution >= 0.6 is 0 Å². The van der Waals surface area contributed by atoms with Crippen molar-refractivity contribution < 1.29 is 0 Å². The van der Waals surface area contributed by atoms with Crippen molar-refractivity contribution in [1.29, 1.82) is 0 Å². The molecular weight excluding hydrogens is 262 g/mol. The standard InChI is InChI=1S/C8H15N3.C8H14N2/c1-8(2,3-4-9)11-6-5-10-7-11;1-4-8(2,3)10-6-5-9-7-10/h5-7H,3-4,9H2,1-2H3;5-7H,4H2,1-3H3. The maximum absolute atomic E-state index is 5.49. The van der Waals surface area contributed by atoms with Crippen molar-refractivity contribution in [2.75, 3.05) is 6.54 Å². The molecule has 0 aliphatic rings. The van der Waals surface area contributed by atoms with Crippen LogP contribution in [0.15, 0.2) is 37.4 Å². The molecule has 0 bridgehead atoms. The first-order valence-corrected chi connectivity index (χ1v) is 7.50. The summed E-state index contributed by atoms with van der Waals surface area (Å²) in [7, 11) is 0. The third-order valence-electron chi connectivity index (χ3n) is 4.03. The van der Waals surface area contributed by atoms with E-state index in [1.54, 1.807) is 6.20 Å². The van der Waals surface area contributed by atoms with E-state index in [2.05, 4.69) is 53.7 Å². The van der Waals surface area contributed by atoms with Gasteiger partial charge in [-0.05, 0) is 47.1 Å². The number of hydrogen-bond donors (Lipinski definition) is 1. The van der Waals surface area contributed by atoms with Gasteiger partial charge in [-0.2, -0.15) is 0 Å². The lowest BCUT2D eigenvalue weighted by Crippen LogP contribution is -2.27. The molecular formula is C16H29N5. The summed E-state index contributed by atoms with van der Waals surface area (Å²) in [6, 6.07) is 0. The van der Waals surface area contributed by atoms with E-state index in [1.807, 2.05) is 31.2 Å². The van der Waals surface area contributed by atoms with Gasteiger partial charge in [-0.1, -0.05) is 6.92 Å². The van der Waals surface area contributed by atoms with Crippen molar-refractivity contribution in [3.8, 4) is 0 Å². The predicted molar refractivity (Wildman–Crippen MR) is 87.1 cm³/mol. The molecule has 2 aromatic rings. The zero-order chi connectivity index (χ0) is 15.9. The normalized spacial score (nSPS) is 11.9. The Kier molecular flexibility index (Phi) is 6.15. The summed E-state index contributed by atoms with van der Waals surface area (Å²) in [5.74, 6) is 0. The van der Waals surface area contributed by atoms with Crippen molar-refractivity contribution in [3.05, 3.63) is 37.4 Å². The van der Waals surface area contributed by atoms with E-state index in [4.69, 9.17) is 5.73 Å². The lowest BCUT2D eigenvalue weighted by atomic mass is 10.0. The van der Waals surface area contributed by atoms with Gasteiger partial charge in [0.2, 0.25) is 0 Å². The Morgan fingerprint density at radius 1 is 0.905 bits per heavy atom. The second-order valence-corrected chi connectivity index (χ2v) is 6.46. The molecule has 0 saturated carbocycles. The summed E-state index contributed by atoms with van der Waals surface area (Å²) in [6.07, 6.45) is 13.4. The number of nitrogens with zero attached hydrogens (tertiary/aromatic N) is 4. The minimum Gasteiger partial charge on any atom is -0.332 e. The van der Waals surface area contributed by atoms with Crippen LogP contribution in [0.3, 0.4) is 0 Å². The first-order chi connectivity index (χ1) is 9.83. The quantitative estimate of drug-likeness (QED) is 0.921. The number of imidazole rings is 2. The first-order valence-electron chi connectivity index (χ1n) is 7.50. The van der Waals surface area contributed by atoms with Gasteiger partial charge in [0.15, 0.2) is 0 Å². The summed E-state index contributed by atoms with van der Waals surface area (Å²) in [6.45, 7) is 11.6. The number of nitrogens with two attached hydrogens (primary N) is 1. The molecule has 0 atom stereocenters. The monoisotopic (exact) mass is 291 g/mol. The Morgan fingerprint density at radius 3 is 1.71 bits per heavy atom. The van der Waals surface area contributed by atoms with Gasteiger partial charge >= 0.3 is 0 Å². The van der Waals surface area contributed by atoms with E-state index in [0.717, 1.165) is 12.8 Å². The van der Waals surface area contributed by atoms with Crippen LogP contribution in [0.25, 0.3) is 0 Å². The molecule has 0 aromatic carbocycles. The summed E-state index contributed by atoms with van der Waals surface area (Å²) in [5.41, 5.74) is 5.81. The third kappa shape index (κ3) is 5.01. The van der Waals surface area contributed by atoms with Gasteiger partial charge in [-0.15, -0.1) is 0 Å². The molecule has 5 heteroatoms. The molecule has 2 aromatic heterocycles. The molecule has 2 heterocycles. The van der Waals surface area contributed by atoms with Crippen LogP contribution in [0.2, 0.25) is 0 Å². The van der Waals surface area contributed by atoms with Crippen molar-refractivity contribution in [2.45, 2.75) is 58.5 Å². The zero-order valence-electron chi connectivity index (χ0n) is 14.0. The summed E-state index contributed by atoms with van der Waals surface area (Å²) in [5, 5.41) is 0. The molecule has 0 amide bonds. The molecule has 0 unspecified atom stereocenters. The van der Waals surface area contributed by atoms with Crippen LogP contribution in [-0.2, 0) is 11.1 Å². The Bertz CT molecular complexity index is 483. The third-order valence-corrected chi connectivity index (χ3v) is 4.03. The van der Waals surface area contributed by atoms with Crippen molar-refractivity contribution >= 4 is 0 Å². The van der Waals surface area contributed by atoms with Crippen LogP contribution < -0.4 is 5.73 Å². The Hall–Kier alpha value is -1.62. The van der Waals surface area contributed by atoms with Gasteiger partial charge in [-0.3, -0.25) is 0 Å². The maximum atomic E-state index is 5.49. The molecule has 0 saturated heterocycles. The van der Waals surface area contributed by atoms with Crippen LogP contribution in [-0.4, -0.2) is 25.6 Å². The van der Waals surface area contributed by atoms with Gasteiger partial charge in [-0.25, -0.2) is 9.97 Å². The molecule has 0 spiro atoms. The van der Waals surface area contributed by atoms with E-state index in [0.29, 0.717) is 6.54 Å². The molecule has 0 fully saturated rings. The van der Waals surface area contributed by atoms with Crippen LogP contribution in [0.5, 0.6) is 0 Å². The Labute approximate surface area is 128 Å². The SMILES string of the molecule is CC(C)(CCN)n1ccnc1.CCC(C)(C)n1ccnc1. The first kappa shape index (κ1) is 17.4. The molecule has 0 radical (unpaired) electrons. The van der Waals surface area contributed by atoms with Gasteiger partial charge in [0.25, 0.3) is 0 Å². The topological polar surface area (TPSA) is 61.7 Å². The molecule has 0 aliphatic carbocycles. The van der Waals surface area contributed by atoms with E-state index in [-0.39, 0.29) is 11.1 Å². The summed E-state index contributed by atoms with van der Waals surface area (Å²) in [4.78, 5) is 7.99. The van der Waals surface area contributed by atoms with Crippen LogP contribution in [0.1, 0.15) is 47.5 Å². The summed E-state index contributed by atoms with van der Waals surface area (Å²) >= 11 is 0. The van der Waals surface area contributed by atoms with Crippen molar-refractivity contribution in [3.63, 3.8) is 0 Å². The molecule has 21 heavy (non-hydrogen) atoms. The molecule has 0 aliphatic heterocycles. The molecule has 2 N–H and O–H groups in total. The minimum atomic E-state index is 0.102. The van der Waals surface area contributed by atoms with Crippen LogP contribution in [0.4, 0.5) is 0 Å². The number of aromatic nitrogens is 4. The fourth-order valence-corrected chi connectivity index (χ4v) is 1.90. The van der Waals surface area contributed by atoms with Gasteiger partial charge < -0.3 is 14.9 Å².